The normalized spacial score (nSPS) is 10.7. The summed E-state index contributed by atoms with van der Waals surface area (Å²) in [5.74, 6) is 0.830. The highest BCUT2D eigenvalue weighted by Crippen LogP contribution is 2.21. The number of aromatic nitrogens is 4. The number of carbonyl (C=O) groups excluding carboxylic acids is 1. The molecule has 0 aliphatic rings. The molecule has 0 atom stereocenters. The Hall–Kier alpha value is -4.07. The second kappa shape index (κ2) is 7.89. The van der Waals surface area contributed by atoms with Crippen LogP contribution in [-0.4, -0.2) is 31.8 Å². The summed E-state index contributed by atoms with van der Waals surface area (Å²) in [4.78, 5) is 37.3. The van der Waals surface area contributed by atoms with E-state index in [1.54, 1.807) is 49.8 Å². The van der Waals surface area contributed by atoms with E-state index in [-0.39, 0.29) is 23.8 Å². The Kier molecular flexibility index (Phi) is 4.98. The number of nitrogens with zero attached hydrogens (tertiary/aromatic N) is 4. The molecule has 4 rings (SSSR count). The van der Waals surface area contributed by atoms with Crippen LogP contribution in [0.25, 0.3) is 22.7 Å². The Morgan fingerprint density at radius 2 is 2.03 bits per heavy atom. The highest BCUT2D eigenvalue weighted by Gasteiger charge is 2.12. The molecule has 8 nitrogen and oxygen atoms in total. The molecule has 0 saturated carbocycles. The largest absolute Gasteiger partial charge is 0.464 e. The van der Waals surface area contributed by atoms with Crippen LogP contribution in [0.1, 0.15) is 10.4 Å². The van der Waals surface area contributed by atoms with Crippen LogP contribution in [-0.2, 0) is 7.05 Å². The van der Waals surface area contributed by atoms with Gasteiger partial charge in [-0.1, -0.05) is 18.2 Å². The average Bonchev–Trinajstić information content (AvgIpc) is 3.30. The number of ketones is 1. The van der Waals surface area contributed by atoms with Crippen molar-refractivity contribution in [2.45, 2.75) is 0 Å². The van der Waals surface area contributed by atoms with Gasteiger partial charge in [-0.05, 0) is 24.3 Å². The fraction of sp³-hybridized carbons (Fsp3) is 0.0952. The smallest absolute Gasteiger partial charge is 0.255 e. The summed E-state index contributed by atoms with van der Waals surface area (Å²) in [6, 6.07) is 13.9. The summed E-state index contributed by atoms with van der Waals surface area (Å²) in [5.41, 5.74) is 2.02. The van der Waals surface area contributed by atoms with Gasteiger partial charge >= 0.3 is 0 Å². The minimum atomic E-state index is -0.261. The van der Waals surface area contributed by atoms with E-state index in [0.717, 1.165) is 5.56 Å². The first-order valence-corrected chi connectivity index (χ1v) is 8.87. The van der Waals surface area contributed by atoms with E-state index in [9.17, 15) is 9.59 Å². The standard InChI is InChI=1S/C21H17N5O3/c1-26-20(28)11-17(16-7-8-22-13-24-16)25-21(26)23-12-18(27)14-4-2-5-15(10-14)19-6-3-9-29-19/h2-11,13H,12H2,1H3,(H,23,25). The number of anilines is 1. The maximum atomic E-state index is 12.7. The molecule has 0 bridgehead atoms. The number of benzene rings is 1. The molecular weight excluding hydrogens is 370 g/mol. The lowest BCUT2D eigenvalue weighted by molar-refractivity contribution is 0.101. The van der Waals surface area contributed by atoms with Gasteiger partial charge in [-0.3, -0.25) is 14.2 Å². The van der Waals surface area contributed by atoms with Gasteiger partial charge in [-0.25, -0.2) is 15.0 Å². The van der Waals surface area contributed by atoms with Crippen molar-refractivity contribution in [2.75, 3.05) is 11.9 Å². The quantitative estimate of drug-likeness (QED) is 0.507. The summed E-state index contributed by atoms with van der Waals surface area (Å²) in [5, 5.41) is 2.95. The monoisotopic (exact) mass is 387 g/mol. The molecule has 3 aromatic heterocycles. The zero-order valence-electron chi connectivity index (χ0n) is 15.6. The minimum Gasteiger partial charge on any atom is -0.464 e. The fourth-order valence-corrected chi connectivity index (χ4v) is 2.82. The van der Waals surface area contributed by atoms with Crippen molar-refractivity contribution >= 4 is 11.7 Å². The van der Waals surface area contributed by atoms with E-state index in [0.29, 0.717) is 22.7 Å². The van der Waals surface area contributed by atoms with Crippen molar-refractivity contribution in [3.05, 3.63) is 83.2 Å². The summed E-state index contributed by atoms with van der Waals surface area (Å²) in [6.45, 7) is -0.0187. The van der Waals surface area contributed by atoms with Crippen LogP contribution in [0.15, 0.2) is 76.5 Å². The predicted molar refractivity (Wildman–Crippen MR) is 107 cm³/mol. The Morgan fingerprint density at radius 1 is 1.14 bits per heavy atom. The minimum absolute atomic E-state index is 0.0187. The van der Waals surface area contributed by atoms with Crippen LogP contribution in [0.3, 0.4) is 0 Å². The molecule has 1 N–H and O–H groups in total. The van der Waals surface area contributed by atoms with Gasteiger partial charge in [0, 0.05) is 30.4 Å². The highest BCUT2D eigenvalue weighted by molar-refractivity contribution is 5.99. The van der Waals surface area contributed by atoms with Crippen molar-refractivity contribution in [3.8, 4) is 22.7 Å². The third kappa shape index (κ3) is 3.96. The van der Waals surface area contributed by atoms with E-state index in [1.165, 1.54) is 17.0 Å². The summed E-state index contributed by atoms with van der Waals surface area (Å²) < 4.78 is 6.73. The second-order valence-electron chi connectivity index (χ2n) is 6.29. The Balaban J connectivity index is 1.55. The lowest BCUT2D eigenvalue weighted by Gasteiger charge is -2.11. The van der Waals surface area contributed by atoms with Gasteiger partial charge < -0.3 is 9.73 Å². The third-order valence-electron chi connectivity index (χ3n) is 4.38. The predicted octanol–water partition coefficient (Wildman–Crippen LogP) is 2.79. The van der Waals surface area contributed by atoms with Crippen molar-refractivity contribution in [1.82, 2.24) is 19.5 Å². The van der Waals surface area contributed by atoms with Crippen molar-refractivity contribution in [3.63, 3.8) is 0 Å². The molecule has 29 heavy (non-hydrogen) atoms. The number of carbonyl (C=O) groups is 1. The molecule has 4 aromatic rings. The molecule has 0 spiro atoms. The van der Waals surface area contributed by atoms with E-state index in [2.05, 4.69) is 20.3 Å². The number of Topliss-reactive ketones (excluding diaryl/α,β-unsaturated/α-hetero) is 1. The zero-order valence-corrected chi connectivity index (χ0v) is 15.6. The molecule has 144 valence electrons. The van der Waals surface area contributed by atoms with Crippen LogP contribution in [0.5, 0.6) is 0 Å². The molecule has 0 radical (unpaired) electrons. The van der Waals surface area contributed by atoms with Gasteiger partial charge in [0.25, 0.3) is 5.56 Å². The first-order valence-electron chi connectivity index (χ1n) is 8.87. The van der Waals surface area contributed by atoms with E-state index in [4.69, 9.17) is 4.42 Å². The van der Waals surface area contributed by atoms with Crippen LogP contribution >= 0.6 is 0 Å². The molecule has 0 fully saturated rings. The molecule has 0 aliphatic heterocycles. The number of hydrogen-bond donors (Lipinski definition) is 1. The van der Waals surface area contributed by atoms with Gasteiger partial charge in [-0.15, -0.1) is 0 Å². The first-order chi connectivity index (χ1) is 14.1. The Labute approximate surface area is 165 Å². The van der Waals surface area contributed by atoms with Gasteiger partial charge in [-0.2, -0.15) is 0 Å². The van der Waals surface area contributed by atoms with Crippen molar-refractivity contribution in [1.29, 1.82) is 0 Å². The van der Waals surface area contributed by atoms with Gasteiger partial charge in [0.15, 0.2) is 5.78 Å². The first kappa shape index (κ1) is 18.3. The SMILES string of the molecule is Cn1c(NCC(=O)c2cccc(-c3ccco3)c2)nc(-c2ccncn2)cc1=O. The molecular formula is C21H17N5O3. The lowest BCUT2D eigenvalue weighted by Crippen LogP contribution is -2.24. The molecule has 8 heteroatoms. The summed E-state index contributed by atoms with van der Waals surface area (Å²) in [6.07, 6.45) is 4.55. The number of nitrogens with one attached hydrogen (secondary N) is 1. The second-order valence-corrected chi connectivity index (χ2v) is 6.29. The van der Waals surface area contributed by atoms with E-state index >= 15 is 0 Å². The maximum absolute atomic E-state index is 12.7. The van der Waals surface area contributed by atoms with Crippen molar-refractivity contribution in [2.24, 2.45) is 7.05 Å². The van der Waals surface area contributed by atoms with Crippen LogP contribution in [0.4, 0.5) is 5.95 Å². The van der Waals surface area contributed by atoms with E-state index < -0.39 is 0 Å². The van der Waals surface area contributed by atoms with Gasteiger partial charge in [0.05, 0.1) is 24.2 Å². The van der Waals surface area contributed by atoms with Gasteiger partial charge in [0.1, 0.15) is 12.1 Å². The molecule has 3 heterocycles. The molecule has 0 aliphatic carbocycles. The Bertz CT molecular complexity index is 1200. The van der Waals surface area contributed by atoms with Crippen molar-refractivity contribution < 1.29 is 9.21 Å². The third-order valence-corrected chi connectivity index (χ3v) is 4.38. The number of furan rings is 1. The molecule has 0 saturated heterocycles. The fourth-order valence-electron chi connectivity index (χ4n) is 2.82. The maximum Gasteiger partial charge on any atom is 0.255 e. The van der Waals surface area contributed by atoms with Crippen LogP contribution in [0.2, 0.25) is 0 Å². The van der Waals surface area contributed by atoms with Gasteiger partial charge in [0.2, 0.25) is 5.95 Å². The topological polar surface area (TPSA) is 103 Å². The molecule has 1 aromatic carbocycles. The zero-order chi connectivity index (χ0) is 20.2. The lowest BCUT2D eigenvalue weighted by atomic mass is 10.1. The highest BCUT2D eigenvalue weighted by atomic mass is 16.3. The average molecular weight is 387 g/mol. The summed E-state index contributed by atoms with van der Waals surface area (Å²) in [7, 11) is 1.59. The summed E-state index contributed by atoms with van der Waals surface area (Å²) >= 11 is 0. The molecule has 0 amide bonds. The van der Waals surface area contributed by atoms with E-state index in [1.807, 2.05) is 12.1 Å². The van der Waals surface area contributed by atoms with Crippen LogP contribution in [0, 0.1) is 0 Å². The number of hydrogen-bond acceptors (Lipinski definition) is 7. The Morgan fingerprint density at radius 3 is 2.79 bits per heavy atom. The number of rotatable bonds is 6. The molecule has 0 unspecified atom stereocenters. The van der Waals surface area contributed by atoms with Crippen LogP contribution < -0.4 is 10.9 Å².